The number of nitrogens with one attached hydrogen (secondary N) is 1. The normalized spacial score (nSPS) is 11.3. The molecule has 2 aromatic carbocycles. The summed E-state index contributed by atoms with van der Waals surface area (Å²) in [7, 11) is 1.35. The Balaban J connectivity index is 2.21. The van der Waals surface area contributed by atoms with Gasteiger partial charge in [-0.2, -0.15) is 5.10 Å². The zero-order chi connectivity index (χ0) is 17.4. The van der Waals surface area contributed by atoms with Crippen LogP contribution >= 0.6 is 0 Å². The summed E-state index contributed by atoms with van der Waals surface area (Å²) >= 11 is 0. The summed E-state index contributed by atoms with van der Waals surface area (Å²) in [6, 6.07) is 14.2. The molecule has 0 bridgehead atoms. The van der Waals surface area contributed by atoms with E-state index >= 15 is 0 Å². The lowest BCUT2D eigenvalue weighted by Crippen LogP contribution is -2.17. The quantitative estimate of drug-likeness (QED) is 0.364. The Kier molecular flexibility index (Phi) is 5.73. The molecule has 0 radical (unpaired) electrons. The van der Waals surface area contributed by atoms with Crippen LogP contribution < -0.4 is 5.43 Å². The molecule has 0 atom stereocenters. The molecule has 0 unspecified atom stereocenters. The Bertz CT molecular complexity index is 770. The topological polar surface area (TPSA) is 106 Å². The Morgan fingerprint density at radius 1 is 1.17 bits per heavy atom. The molecule has 0 fully saturated rings. The second-order valence-electron chi connectivity index (χ2n) is 4.53. The molecule has 1 N–H and O–H groups in total. The van der Waals surface area contributed by atoms with Crippen LogP contribution in [0.15, 0.2) is 64.9 Å². The number of non-ortho nitro benzene ring substituents is 1. The monoisotopic (exact) mass is 326 g/mol. The minimum absolute atomic E-state index is 0.0291. The molecule has 0 heterocycles. The third kappa shape index (κ3) is 4.47. The van der Waals surface area contributed by atoms with E-state index in [4.69, 9.17) is 0 Å². The van der Waals surface area contributed by atoms with E-state index in [1.165, 1.54) is 37.6 Å². The maximum atomic E-state index is 12.4. The van der Waals surface area contributed by atoms with Crippen LogP contribution in [-0.4, -0.2) is 29.7 Å². The average molecular weight is 326 g/mol. The molecule has 0 aliphatic carbocycles. The minimum atomic E-state index is -0.497. The highest BCUT2D eigenvalue weighted by Gasteiger charge is 2.12. The summed E-state index contributed by atoms with van der Waals surface area (Å²) < 4.78 is 0. The second-order valence-corrected chi connectivity index (χ2v) is 4.53. The van der Waals surface area contributed by atoms with Crippen molar-refractivity contribution in [2.24, 2.45) is 10.3 Å². The van der Waals surface area contributed by atoms with Gasteiger partial charge in [0.15, 0.2) is 5.71 Å². The van der Waals surface area contributed by atoms with Crippen molar-refractivity contribution in [1.29, 1.82) is 0 Å². The first kappa shape index (κ1) is 16.8. The van der Waals surface area contributed by atoms with Crippen LogP contribution in [0.5, 0.6) is 0 Å². The van der Waals surface area contributed by atoms with Gasteiger partial charge in [-0.3, -0.25) is 20.3 Å². The van der Waals surface area contributed by atoms with Gasteiger partial charge in [-0.25, -0.2) is 0 Å². The van der Waals surface area contributed by atoms with Gasteiger partial charge in [0.1, 0.15) is 7.11 Å². The molecule has 8 nitrogen and oxygen atoms in total. The molecule has 0 spiro atoms. The molecule has 0 saturated carbocycles. The molecule has 122 valence electrons. The van der Waals surface area contributed by atoms with E-state index in [-0.39, 0.29) is 17.2 Å². The van der Waals surface area contributed by atoms with Crippen molar-refractivity contribution in [3.63, 3.8) is 0 Å². The largest absolute Gasteiger partial charge is 0.399 e. The van der Waals surface area contributed by atoms with E-state index in [1.54, 1.807) is 30.3 Å². The zero-order valence-corrected chi connectivity index (χ0v) is 12.7. The summed E-state index contributed by atoms with van der Waals surface area (Å²) in [5.74, 6) is -0.342. The van der Waals surface area contributed by atoms with Crippen LogP contribution in [0.1, 0.15) is 10.4 Å². The van der Waals surface area contributed by atoms with Crippen molar-refractivity contribution in [2.45, 2.75) is 0 Å². The number of carbonyl (C=O) groups excluding carboxylic acids is 1. The summed E-state index contributed by atoms with van der Waals surface area (Å²) in [6.07, 6.45) is 1.19. The predicted molar refractivity (Wildman–Crippen MR) is 90.4 cm³/mol. The first-order valence-electron chi connectivity index (χ1n) is 6.86. The standard InChI is InChI=1S/C16H14N4O4/c1-24-17-11-15(16(21)12-5-3-2-4-6-12)19-18-13-7-9-14(10-8-13)20(22)23/h2-11,18H,1H3/b17-11+,19-15-. The minimum Gasteiger partial charge on any atom is -0.399 e. The van der Waals surface area contributed by atoms with Crippen molar-refractivity contribution < 1.29 is 14.6 Å². The molecule has 24 heavy (non-hydrogen) atoms. The predicted octanol–water partition coefficient (Wildman–Crippen LogP) is 2.88. The second kappa shape index (κ2) is 8.18. The van der Waals surface area contributed by atoms with Crippen LogP contribution in [0.4, 0.5) is 11.4 Å². The van der Waals surface area contributed by atoms with Gasteiger partial charge in [-0.05, 0) is 12.1 Å². The van der Waals surface area contributed by atoms with Crippen LogP contribution in [0.25, 0.3) is 0 Å². The van der Waals surface area contributed by atoms with Gasteiger partial charge in [0.25, 0.3) is 5.69 Å². The Hall–Kier alpha value is -3.55. The maximum absolute atomic E-state index is 12.4. The van der Waals surface area contributed by atoms with Crippen molar-refractivity contribution in [3.05, 3.63) is 70.3 Å². The SMILES string of the molecule is CO/N=C/C(=N/Nc1ccc([N+](=O)[O-])cc1)C(=O)c1ccccc1. The fourth-order valence-electron chi connectivity index (χ4n) is 1.76. The van der Waals surface area contributed by atoms with Crippen LogP contribution in [0.2, 0.25) is 0 Å². The number of nitrogens with zero attached hydrogens (tertiary/aromatic N) is 3. The number of nitro groups is 1. The van der Waals surface area contributed by atoms with Gasteiger partial charge >= 0.3 is 0 Å². The smallest absolute Gasteiger partial charge is 0.269 e. The summed E-state index contributed by atoms with van der Waals surface area (Å²) in [5, 5.41) is 18.2. The average Bonchev–Trinajstić information content (AvgIpc) is 2.62. The number of oxime groups is 1. The number of nitro benzene ring substituents is 1. The molecule has 8 heteroatoms. The first-order valence-corrected chi connectivity index (χ1v) is 6.86. The van der Waals surface area contributed by atoms with E-state index in [2.05, 4.69) is 20.5 Å². The Morgan fingerprint density at radius 2 is 1.83 bits per heavy atom. The number of benzene rings is 2. The number of hydrogen-bond donors (Lipinski definition) is 1. The molecule has 0 aromatic heterocycles. The fraction of sp³-hybridized carbons (Fsp3) is 0.0625. The van der Waals surface area contributed by atoms with Gasteiger partial charge in [-0.15, -0.1) is 0 Å². The molecular formula is C16H14N4O4. The van der Waals surface area contributed by atoms with Crippen LogP contribution in [-0.2, 0) is 4.84 Å². The van der Waals surface area contributed by atoms with Crippen molar-refractivity contribution in [3.8, 4) is 0 Å². The molecule has 2 aromatic rings. The highest BCUT2D eigenvalue weighted by molar-refractivity contribution is 6.64. The number of carbonyl (C=O) groups is 1. The number of hydrogen-bond acceptors (Lipinski definition) is 7. The lowest BCUT2D eigenvalue weighted by Gasteiger charge is -2.03. The van der Waals surface area contributed by atoms with E-state index in [1.807, 2.05) is 0 Å². The lowest BCUT2D eigenvalue weighted by atomic mass is 10.1. The first-order chi connectivity index (χ1) is 11.6. The molecule has 0 amide bonds. The van der Waals surface area contributed by atoms with Gasteiger partial charge < -0.3 is 4.84 Å². The summed E-state index contributed by atoms with van der Waals surface area (Å²) in [6.45, 7) is 0. The summed E-state index contributed by atoms with van der Waals surface area (Å²) in [4.78, 5) is 27.1. The molecule has 0 saturated heterocycles. The molecule has 0 aliphatic rings. The number of hydrazone groups is 1. The zero-order valence-electron chi connectivity index (χ0n) is 12.7. The van der Waals surface area contributed by atoms with E-state index in [9.17, 15) is 14.9 Å². The van der Waals surface area contributed by atoms with E-state index in [0.717, 1.165) is 0 Å². The molecular weight excluding hydrogens is 312 g/mol. The molecule has 0 aliphatic heterocycles. The maximum Gasteiger partial charge on any atom is 0.269 e. The highest BCUT2D eigenvalue weighted by atomic mass is 16.6. The summed E-state index contributed by atoms with van der Waals surface area (Å²) in [5.41, 5.74) is 3.60. The molecule has 2 rings (SSSR count). The number of anilines is 1. The van der Waals surface area contributed by atoms with Gasteiger partial charge in [-0.1, -0.05) is 35.5 Å². The van der Waals surface area contributed by atoms with Crippen molar-refractivity contribution in [2.75, 3.05) is 12.5 Å². The fourth-order valence-corrected chi connectivity index (χ4v) is 1.76. The number of Topliss-reactive ketones (excluding diaryl/α,β-unsaturated/α-hetero) is 1. The van der Waals surface area contributed by atoms with Gasteiger partial charge in [0, 0.05) is 17.7 Å². The number of ketones is 1. The lowest BCUT2D eigenvalue weighted by molar-refractivity contribution is -0.384. The van der Waals surface area contributed by atoms with Crippen LogP contribution in [0.3, 0.4) is 0 Å². The third-order valence-corrected chi connectivity index (χ3v) is 2.93. The van der Waals surface area contributed by atoms with Gasteiger partial charge in [0.05, 0.1) is 16.8 Å². The Morgan fingerprint density at radius 3 is 2.42 bits per heavy atom. The van der Waals surface area contributed by atoms with Crippen molar-refractivity contribution in [1.82, 2.24) is 0 Å². The highest BCUT2D eigenvalue weighted by Crippen LogP contribution is 2.15. The number of rotatable bonds is 7. The third-order valence-electron chi connectivity index (χ3n) is 2.93. The van der Waals surface area contributed by atoms with E-state index < -0.39 is 4.92 Å². The van der Waals surface area contributed by atoms with E-state index in [0.29, 0.717) is 11.3 Å². The Labute approximate surface area is 137 Å². The van der Waals surface area contributed by atoms with Crippen molar-refractivity contribution >= 4 is 29.1 Å². The van der Waals surface area contributed by atoms with Crippen LogP contribution in [0, 0.1) is 10.1 Å². The van der Waals surface area contributed by atoms with Gasteiger partial charge in [0.2, 0.25) is 5.78 Å².